The molecule has 0 aliphatic heterocycles. The Balaban J connectivity index is 2.07. The first-order valence-electron chi connectivity index (χ1n) is 7.49. The largest absolute Gasteiger partial charge is 0.311 e. The molecule has 130 valence electrons. The number of halogens is 4. The van der Waals surface area contributed by atoms with Crippen LogP contribution in [0.1, 0.15) is 50.3 Å². The third-order valence-corrected chi connectivity index (χ3v) is 4.10. The Morgan fingerprint density at radius 2 is 2.09 bits per heavy atom. The fourth-order valence-electron chi connectivity index (χ4n) is 2.83. The summed E-state index contributed by atoms with van der Waals surface area (Å²) < 4.78 is 53.4. The Labute approximate surface area is 132 Å². The van der Waals surface area contributed by atoms with E-state index in [1.165, 1.54) is 4.68 Å². The molecule has 1 saturated carbocycles. The summed E-state index contributed by atoms with van der Waals surface area (Å²) in [7, 11) is 1.58. The number of nitrogens with zero attached hydrogens (tertiary/aromatic N) is 2. The standard InChI is InChI=1S/C15H21F4N3O/c1-8(6-14(3,16)17)12-9(2)13(22(4)21-12)20-11(23)5-10-7-15(10,18)19/h8,10H,5-7H2,1-4H3,(H,20,23). The first-order chi connectivity index (χ1) is 10.4. The lowest BCUT2D eigenvalue weighted by Crippen LogP contribution is -2.16. The smallest absolute Gasteiger partial charge is 0.252 e. The summed E-state index contributed by atoms with van der Waals surface area (Å²) in [5.41, 5.74) is 1.06. The van der Waals surface area contributed by atoms with Crippen molar-refractivity contribution in [3.8, 4) is 0 Å². The molecule has 1 aromatic rings. The van der Waals surface area contributed by atoms with Crippen molar-refractivity contribution >= 4 is 11.7 Å². The van der Waals surface area contributed by atoms with Gasteiger partial charge in [0.2, 0.25) is 11.8 Å². The van der Waals surface area contributed by atoms with E-state index in [4.69, 9.17) is 0 Å². The predicted octanol–water partition coefficient (Wildman–Crippen LogP) is 3.86. The Kier molecular flexibility index (Phi) is 4.47. The highest BCUT2D eigenvalue weighted by Gasteiger charge is 2.57. The third kappa shape index (κ3) is 4.23. The monoisotopic (exact) mass is 335 g/mol. The maximum atomic E-state index is 13.2. The van der Waals surface area contributed by atoms with Crippen LogP contribution in [0.15, 0.2) is 0 Å². The SMILES string of the molecule is Cc1c(C(C)CC(C)(F)F)nn(C)c1NC(=O)CC1CC1(F)F. The molecule has 0 bridgehead atoms. The van der Waals surface area contributed by atoms with Gasteiger partial charge in [0, 0.05) is 43.7 Å². The Hall–Kier alpha value is -1.60. The van der Waals surface area contributed by atoms with Crippen molar-refractivity contribution in [3.05, 3.63) is 11.3 Å². The molecule has 1 aliphatic rings. The first kappa shape index (κ1) is 17.7. The van der Waals surface area contributed by atoms with E-state index in [-0.39, 0.29) is 19.3 Å². The summed E-state index contributed by atoms with van der Waals surface area (Å²) in [6.45, 7) is 4.16. The maximum Gasteiger partial charge on any atom is 0.252 e. The number of alkyl halides is 4. The average molecular weight is 335 g/mol. The second-order valence-corrected chi connectivity index (χ2v) is 6.57. The molecule has 1 heterocycles. The van der Waals surface area contributed by atoms with E-state index in [1.54, 1.807) is 20.9 Å². The van der Waals surface area contributed by atoms with Crippen LogP contribution >= 0.6 is 0 Å². The second kappa shape index (κ2) is 5.79. The highest BCUT2D eigenvalue weighted by atomic mass is 19.3. The molecule has 1 aliphatic carbocycles. The highest BCUT2D eigenvalue weighted by molar-refractivity contribution is 5.91. The van der Waals surface area contributed by atoms with Crippen molar-refractivity contribution in [2.24, 2.45) is 13.0 Å². The quantitative estimate of drug-likeness (QED) is 0.803. The van der Waals surface area contributed by atoms with Gasteiger partial charge < -0.3 is 5.32 Å². The van der Waals surface area contributed by atoms with E-state index >= 15 is 0 Å². The number of hydrogen-bond acceptors (Lipinski definition) is 2. The summed E-state index contributed by atoms with van der Waals surface area (Å²) in [5.74, 6) is -7.11. The van der Waals surface area contributed by atoms with E-state index in [1.807, 2.05) is 0 Å². The van der Waals surface area contributed by atoms with Crippen LogP contribution in [0, 0.1) is 12.8 Å². The van der Waals surface area contributed by atoms with Gasteiger partial charge in [-0.05, 0) is 13.8 Å². The van der Waals surface area contributed by atoms with Gasteiger partial charge in [-0.1, -0.05) is 6.92 Å². The van der Waals surface area contributed by atoms with Gasteiger partial charge in [0.15, 0.2) is 0 Å². The van der Waals surface area contributed by atoms with Crippen LogP contribution in [-0.2, 0) is 11.8 Å². The van der Waals surface area contributed by atoms with Crippen LogP contribution in [0.4, 0.5) is 23.4 Å². The zero-order valence-electron chi connectivity index (χ0n) is 13.6. The van der Waals surface area contributed by atoms with Crippen LogP contribution in [0.3, 0.4) is 0 Å². The minimum absolute atomic E-state index is 0.254. The molecule has 0 spiro atoms. The van der Waals surface area contributed by atoms with Gasteiger partial charge in [-0.3, -0.25) is 9.48 Å². The van der Waals surface area contributed by atoms with Crippen LogP contribution in [-0.4, -0.2) is 27.5 Å². The molecule has 0 radical (unpaired) electrons. The number of aryl methyl sites for hydroxylation is 1. The fourth-order valence-corrected chi connectivity index (χ4v) is 2.83. The molecule has 4 nitrogen and oxygen atoms in total. The van der Waals surface area contributed by atoms with Gasteiger partial charge >= 0.3 is 0 Å². The highest BCUT2D eigenvalue weighted by Crippen LogP contribution is 2.50. The Morgan fingerprint density at radius 1 is 1.52 bits per heavy atom. The zero-order chi connectivity index (χ0) is 17.6. The van der Waals surface area contributed by atoms with Crippen molar-refractivity contribution in [1.29, 1.82) is 0 Å². The number of anilines is 1. The fraction of sp³-hybridized carbons (Fsp3) is 0.733. The lowest BCUT2D eigenvalue weighted by atomic mass is 9.97. The second-order valence-electron chi connectivity index (χ2n) is 6.57. The van der Waals surface area contributed by atoms with Gasteiger partial charge in [0.1, 0.15) is 5.82 Å². The lowest BCUT2D eigenvalue weighted by Gasteiger charge is -2.15. The number of hydrogen-bond donors (Lipinski definition) is 1. The van der Waals surface area contributed by atoms with Crippen molar-refractivity contribution < 1.29 is 22.4 Å². The van der Waals surface area contributed by atoms with Crippen molar-refractivity contribution in [3.63, 3.8) is 0 Å². The summed E-state index contributed by atoms with van der Waals surface area (Å²) in [6.07, 6.45) is -0.874. The Bertz CT molecular complexity index is 607. The topological polar surface area (TPSA) is 46.9 Å². The molecule has 2 atom stereocenters. The molecule has 0 saturated heterocycles. The number of rotatable bonds is 6. The molecule has 8 heteroatoms. The van der Waals surface area contributed by atoms with Gasteiger partial charge in [0.05, 0.1) is 5.69 Å². The first-order valence-corrected chi connectivity index (χ1v) is 7.49. The van der Waals surface area contributed by atoms with E-state index in [2.05, 4.69) is 10.4 Å². The number of amides is 1. The van der Waals surface area contributed by atoms with Crippen molar-refractivity contribution in [2.75, 3.05) is 5.32 Å². The summed E-state index contributed by atoms with van der Waals surface area (Å²) >= 11 is 0. The predicted molar refractivity (Wildman–Crippen MR) is 77.9 cm³/mol. The van der Waals surface area contributed by atoms with Gasteiger partial charge in [0.25, 0.3) is 5.92 Å². The van der Waals surface area contributed by atoms with Crippen molar-refractivity contribution in [1.82, 2.24) is 9.78 Å². The number of nitrogens with one attached hydrogen (secondary N) is 1. The lowest BCUT2D eigenvalue weighted by molar-refractivity contribution is -0.117. The molecule has 1 fully saturated rings. The molecule has 2 rings (SSSR count). The minimum Gasteiger partial charge on any atom is -0.311 e. The van der Waals surface area contributed by atoms with Crippen LogP contribution in [0.25, 0.3) is 0 Å². The number of carbonyl (C=O) groups is 1. The van der Waals surface area contributed by atoms with E-state index in [0.717, 1.165) is 6.92 Å². The van der Waals surface area contributed by atoms with Gasteiger partial charge in [-0.15, -0.1) is 0 Å². The summed E-state index contributed by atoms with van der Waals surface area (Å²) in [6, 6.07) is 0. The summed E-state index contributed by atoms with van der Waals surface area (Å²) in [5, 5.41) is 6.76. The molecule has 23 heavy (non-hydrogen) atoms. The van der Waals surface area contributed by atoms with E-state index in [9.17, 15) is 22.4 Å². The molecule has 1 aromatic heterocycles. The summed E-state index contributed by atoms with van der Waals surface area (Å²) in [4.78, 5) is 11.9. The van der Waals surface area contributed by atoms with E-state index in [0.29, 0.717) is 17.1 Å². The van der Waals surface area contributed by atoms with Gasteiger partial charge in [-0.25, -0.2) is 17.6 Å². The van der Waals surface area contributed by atoms with Crippen LogP contribution < -0.4 is 5.32 Å². The number of carbonyl (C=O) groups excluding carboxylic acids is 1. The van der Waals surface area contributed by atoms with Crippen LogP contribution in [0.2, 0.25) is 0 Å². The minimum atomic E-state index is -2.82. The number of aromatic nitrogens is 2. The average Bonchev–Trinajstić information content (AvgIpc) is 2.85. The van der Waals surface area contributed by atoms with Crippen LogP contribution in [0.5, 0.6) is 0 Å². The normalized spacial score (nSPS) is 21.1. The zero-order valence-corrected chi connectivity index (χ0v) is 13.6. The molecular formula is C15H21F4N3O. The molecule has 0 aromatic carbocycles. The molecule has 1 amide bonds. The maximum absolute atomic E-state index is 13.2. The third-order valence-electron chi connectivity index (χ3n) is 4.10. The molecule has 1 N–H and O–H groups in total. The van der Waals surface area contributed by atoms with Gasteiger partial charge in [-0.2, -0.15) is 5.10 Å². The van der Waals surface area contributed by atoms with E-state index < -0.39 is 29.6 Å². The molecule has 2 unspecified atom stereocenters. The van der Waals surface area contributed by atoms with Crippen molar-refractivity contribution in [2.45, 2.75) is 57.8 Å². The molecular weight excluding hydrogens is 314 g/mol. The Morgan fingerprint density at radius 3 is 2.57 bits per heavy atom.